The lowest BCUT2D eigenvalue weighted by Crippen LogP contribution is -2.54. The molecule has 0 aromatic heterocycles. The molecule has 39 heavy (non-hydrogen) atoms. The van der Waals surface area contributed by atoms with Crippen LogP contribution in [-0.4, -0.2) is 72.5 Å². The third-order valence-electron chi connectivity index (χ3n) is 7.62. The number of halogens is 1. The molecular formula is C29H41ClN2O6S. The molecular weight excluding hydrogens is 540 g/mol. The Morgan fingerprint density at radius 2 is 1.87 bits per heavy atom. The first-order valence-corrected chi connectivity index (χ1v) is 15.3. The lowest BCUT2D eigenvalue weighted by atomic mass is 9.90. The second-order valence-electron chi connectivity index (χ2n) is 11.0. The number of cyclic esters (lactones) is 1. The van der Waals surface area contributed by atoms with E-state index in [-0.39, 0.29) is 48.4 Å². The fourth-order valence-corrected chi connectivity index (χ4v) is 7.49. The van der Waals surface area contributed by atoms with Gasteiger partial charge in [-0.1, -0.05) is 57.2 Å². The van der Waals surface area contributed by atoms with Crippen LogP contribution in [0.4, 0.5) is 4.79 Å². The summed E-state index contributed by atoms with van der Waals surface area (Å²) in [6.45, 7) is 7.60. The van der Waals surface area contributed by atoms with Crippen LogP contribution in [-0.2, 0) is 34.0 Å². The molecule has 2 aliphatic rings. The van der Waals surface area contributed by atoms with Crippen molar-refractivity contribution < 1.29 is 28.2 Å². The molecule has 2 aliphatic heterocycles. The zero-order valence-electron chi connectivity index (χ0n) is 22.9. The summed E-state index contributed by atoms with van der Waals surface area (Å²) < 4.78 is 30.8. The first-order valence-electron chi connectivity index (χ1n) is 13.5. The molecule has 0 bridgehead atoms. The van der Waals surface area contributed by atoms with Gasteiger partial charge in [0, 0.05) is 25.0 Å². The summed E-state index contributed by atoms with van der Waals surface area (Å²) in [5.41, 5.74) is 3.79. The maximum Gasteiger partial charge on any atom is 0.410 e. The quantitative estimate of drug-likeness (QED) is 0.391. The number of aromatic hydroxyl groups is 1. The highest BCUT2D eigenvalue weighted by Gasteiger charge is 2.39. The number of ether oxygens (including phenoxy) is 1. The Labute approximate surface area is 238 Å². The van der Waals surface area contributed by atoms with E-state index in [1.807, 2.05) is 25.1 Å². The highest BCUT2D eigenvalue weighted by atomic mass is 35.5. The molecule has 0 unspecified atom stereocenters. The molecule has 2 heterocycles. The van der Waals surface area contributed by atoms with Gasteiger partial charge < -0.3 is 25.2 Å². The third kappa shape index (κ3) is 7.87. The minimum Gasteiger partial charge on any atom is -0.508 e. The molecule has 0 radical (unpaired) electrons. The number of aliphatic hydroxyl groups is 1. The number of nitrogens with one attached hydrogen (secondary N) is 1. The predicted octanol–water partition coefficient (Wildman–Crippen LogP) is 3.82. The van der Waals surface area contributed by atoms with Gasteiger partial charge in [-0.05, 0) is 53.5 Å². The summed E-state index contributed by atoms with van der Waals surface area (Å²) in [5, 5.41) is 25.0. The number of amides is 1. The van der Waals surface area contributed by atoms with Gasteiger partial charge in [-0.15, -0.1) is 12.4 Å². The maximum atomic E-state index is 12.8. The average molecular weight is 581 g/mol. The van der Waals surface area contributed by atoms with Gasteiger partial charge in [-0.3, -0.25) is 0 Å². The Morgan fingerprint density at radius 1 is 1.10 bits per heavy atom. The standard InChI is InChI=1S/C29H40N2O6S.ClH/c1-4-10-31-25(16-37-29(31)34)14-23-11-20(8-9-27(23)32)12-24-17-38(35,36)18-26(28(24)33)30-15-21-6-5-7-22(13-21)19(2)3;/h5-9,11,13,19,24-26,28,30,32-33H,4,10,12,14-18H2,1-3H3;1H/t24-,25+,26+,28+;/m1./s1. The second kappa shape index (κ2) is 13.4. The van der Waals surface area contributed by atoms with Gasteiger partial charge in [0.1, 0.15) is 12.4 Å². The largest absolute Gasteiger partial charge is 0.508 e. The van der Waals surface area contributed by atoms with Crippen LogP contribution in [0.2, 0.25) is 0 Å². The number of aliphatic hydroxyl groups excluding tert-OH is 1. The van der Waals surface area contributed by atoms with E-state index in [1.54, 1.807) is 17.0 Å². The Bertz CT molecular complexity index is 1240. The molecule has 216 valence electrons. The SMILES string of the molecule is CCCN1C(=O)OC[C@@H]1Cc1cc(C[C@@H]2CS(=O)(=O)C[C@H](NCc3cccc(C(C)C)c3)[C@H]2O)ccc1O.Cl. The molecule has 8 nitrogen and oxygen atoms in total. The number of nitrogens with zero attached hydrogens (tertiary/aromatic N) is 1. The van der Waals surface area contributed by atoms with Gasteiger partial charge in [0.25, 0.3) is 0 Å². The van der Waals surface area contributed by atoms with Crippen molar-refractivity contribution in [1.29, 1.82) is 0 Å². The summed E-state index contributed by atoms with van der Waals surface area (Å²) in [6, 6.07) is 12.7. The molecule has 0 saturated carbocycles. The molecule has 2 aromatic carbocycles. The van der Waals surface area contributed by atoms with E-state index in [0.29, 0.717) is 37.4 Å². The number of hydrogen-bond donors (Lipinski definition) is 3. The molecule has 1 amide bonds. The third-order valence-corrected chi connectivity index (χ3v) is 9.42. The van der Waals surface area contributed by atoms with Crippen LogP contribution in [0.3, 0.4) is 0 Å². The van der Waals surface area contributed by atoms with E-state index in [4.69, 9.17) is 4.74 Å². The molecule has 10 heteroatoms. The van der Waals surface area contributed by atoms with Gasteiger partial charge in [0.2, 0.25) is 0 Å². The molecule has 2 aromatic rings. The molecule has 0 spiro atoms. The number of carbonyl (C=O) groups is 1. The Balaban J connectivity index is 0.00000420. The Hall–Kier alpha value is -2.33. The summed E-state index contributed by atoms with van der Waals surface area (Å²) in [7, 11) is -3.35. The predicted molar refractivity (Wildman–Crippen MR) is 154 cm³/mol. The smallest absolute Gasteiger partial charge is 0.410 e. The summed E-state index contributed by atoms with van der Waals surface area (Å²) in [5.74, 6) is -0.131. The van der Waals surface area contributed by atoms with Crippen molar-refractivity contribution in [2.24, 2.45) is 5.92 Å². The highest BCUT2D eigenvalue weighted by Crippen LogP contribution is 2.28. The van der Waals surface area contributed by atoms with Gasteiger partial charge in [0.05, 0.1) is 23.7 Å². The zero-order chi connectivity index (χ0) is 27.4. The fraction of sp³-hybridized carbons (Fsp3) is 0.552. The van der Waals surface area contributed by atoms with Gasteiger partial charge in [0.15, 0.2) is 9.84 Å². The topological polar surface area (TPSA) is 116 Å². The highest BCUT2D eigenvalue weighted by molar-refractivity contribution is 7.91. The average Bonchev–Trinajstić information content (AvgIpc) is 3.21. The molecule has 0 aliphatic carbocycles. The van der Waals surface area contributed by atoms with E-state index < -0.39 is 27.9 Å². The van der Waals surface area contributed by atoms with Crippen molar-refractivity contribution in [2.45, 2.75) is 70.7 Å². The van der Waals surface area contributed by atoms with Crippen molar-refractivity contribution in [3.63, 3.8) is 0 Å². The van der Waals surface area contributed by atoms with Crippen LogP contribution >= 0.6 is 12.4 Å². The van der Waals surface area contributed by atoms with Gasteiger partial charge >= 0.3 is 6.09 Å². The van der Waals surface area contributed by atoms with Crippen LogP contribution in [0.15, 0.2) is 42.5 Å². The van der Waals surface area contributed by atoms with E-state index in [9.17, 15) is 23.4 Å². The van der Waals surface area contributed by atoms with Crippen LogP contribution < -0.4 is 5.32 Å². The van der Waals surface area contributed by atoms with Crippen molar-refractivity contribution in [2.75, 3.05) is 24.7 Å². The summed E-state index contributed by atoms with van der Waals surface area (Å²) in [4.78, 5) is 13.7. The monoisotopic (exact) mass is 580 g/mol. The van der Waals surface area contributed by atoms with Crippen molar-refractivity contribution in [3.8, 4) is 5.75 Å². The van der Waals surface area contributed by atoms with Crippen LogP contribution in [0.25, 0.3) is 0 Å². The fourth-order valence-electron chi connectivity index (χ4n) is 5.52. The minimum absolute atomic E-state index is 0. The number of phenols is 1. The zero-order valence-corrected chi connectivity index (χ0v) is 24.5. The molecule has 2 fully saturated rings. The van der Waals surface area contributed by atoms with Crippen LogP contribution in [0.5, 0.6) is 5.75 Å². The van der Waals surface area contributed by atoms with Crippen LogP contribution in [0, 0.1) is 5.92 Å². The number of carbonyl (C=O) groups excluding carboxylic acids is 1. The number of hydrogen-bond acceptors (Lipinski definition) is 7. The lowest BCUT2D eigenvalue weighted by Gasteiger charge is -2.35. The van der Waals surface area contributed by atoms with Gasteiger partial charge in [-0.25, -0.2) is 13.2 Å². The second-order valence-corrected chi connectivity index (χ2v) is 13.2. The molecule has 4 rings (SSSR count). The lowest BCUT2D eigenvalue weighted by molar-refractivity contribution is 0.0781. The number of sulfone groups is 1. The van der Waals surface area contributed by atoms with Gasteiger partial charge in [-0.2, -0.15) is 0 Å². The summed E-state index contributed by atoms with van der Waals surface area (Å²) in [6.07, 6.45) is 0.455. The maximum absolute atomic E-state index is 12.8. The van der Waals surface area contributed by atoms with Crippen molar-refractivity contribution >= 4 is 28.3 Å². The number of phenolic OH excluding ortho intramolecular Hbond substituents is 1. The van der Waals surface area contributed by atoms with Crippen molar-refractivity contribution in [3.05, 3.63) is 64.7 Å². The van der Waals surface area contributed by atoms with E-state index in [0.717, 1.165) is 17.5 Å². The molecule has 3 N–H and O–H groups in total. The minimum atomic E-state index is -3.35. The molecule has 4 atom stereocenters. The molecule has 2 saturated heterocycles. The van der Waals surface area contributed by atoms with E-state index in [1.165, 1.54) is 5.56 Å². The Kier molecular flexibility index (Phi) is 10.7. The first-order chi connectivity index (χ1) is 18.1. The van der Waals surface area contributed by atoms with Crippen molar-refractivity contribution in [1.82, 2.24) is 10.2 Å². The van der Waals surface area contributed by atoms with E-state index >= 15 is 0 Å². The summed E-state index contributed by atoms with van der Waals surface area (Å²) >= 11 is 0. The normalized spacial score (nSPS) is 24.4. The Morgan fingerprint density at radius 3 is 2.59 bits per heavy atom. The van der Waals surface area contributed by atoms with E-state index in [2.05, 4.69) is 31.3 Å². The van der Waals surface area contributed by atoms with Crippen LogP contribution in [0.1, 0.15) is 55.4 Å². The first kappa shape index (κ1) is 31.2. The number of rotatable bonds is 10. The number of benzene rings is 2.